The van der Waals surface area contributed by atoms with E-state index in [0.717, 1.165) is 11.3 Å². The summed E-state index contributed by atoms with van der Waals surface area (Å²) in [5.74, 6) is -0.176. The molecule has 1 atom stereocenters. The minimum Gasteiger partial charge on any atom is -0.434 e. The molecule has 0 bridgehead atoms. The molecule has 0 spiro atoms. The first-order valence-electron chi connectivity index (χ1n) is 8.52. The fourth-order valence-electron chi connectivity index (χ4n) is 2.95. The molecule has 3 aromatic rings. The summed E-state index contributed by atoms with van der Waals surface area (Å²) in [4.78, 5) is 0. The second kappa shape index (κ2) is 8.26. The molecule has 7 heteroatoms. The van der Waals surface area contributed by atoms with E-state index in [2.05, 4.69) is 15.2 Å². The molecule has 0 fully saturated rings. The number of para-hydroxylation sites is 1. The lowest BCUT2D eigenvalue weighted by Crippen LogP contribution is -2.19. The van der Waals surface area contributed by atoms with Crippen molar-refractivity contribution in [3.63, 3.8) is 0 Å². The fourth-order valence-corrected chi connectivity index (χ4v) is 2.95. The van der Waals surface area contributed by atoms with Gasteiger partial charge in [0, 0.05) is 29.4 Å². The third-order valence-corrected chi connectivity index (χ3v) is 4.35. The van der Waals surface area contributed by atoms with Crippen molar-refractivity contribution in [1.82, 2.24) is 15.1 Å². The molecule has 0 amide bonds. The van der Waals surface area contributed by atoms with Crippen molar-refractivity contribution < 1.29 is 17.9 Å². The molecule has 1 heterocycles. The standard InChI is InChI=1S/C20H20F3N3O/c1-13(24-11-15-6-3-4-9-19(15)27-20(22)23)18-12-25-26(14(18)2)17-8-5-7-16(21)10-17/h3-10,12-13,20,24H,11H2,1-2H3. The molecule has 1 N–H and O–H groups in total. The van der Waals surface area contributed by atoms with Gasteiger partial charge in [0.2, 0.25) is 0 Å². The number of nitrogens with one attached hydrogen (secondary N) is 1. The van der Waals surface area contributed by atoms with Gasteiger partial charge in [-0.2, -0.15) is 13.9 Å². The number of hydrogen-bond donors (Lipinski definition) is 1. The van der Waals surface area contributed by atoms with Crippen LogP contribution in [0.15, 0.2) is 54.7 Å². The van der Waals surface area contributed by atoms with Crippen LogP contribution in [0, 0.1) is 12.7 Å². The van der Waals surface area contributed by atoms with Crippen LogP contribution in [0.2, 0.25) is 0 Å². The van der Waals surface area contributed by atoms with Crippen molar-refractivity contribution in [3.05, 3.63) is 77.4 Å². The van der Waals surface area contributed by atoms with Gasteiger partial charge in [-0.05, 0) is 38.1 Å². The van der Waals surface area contributed by atoms with Gasteiger partial charge in [-0.15, -0.1) is 0 Å². The average molecular weight is 375 g/mol. The smallest absolute Gasteiger partial charge is 0.387 e. The van der Waals surface area contributed by atoms with E-state index in [1.165, 1.54) is 18.2 Å². The van der Waals surface area contributed by atoms with Gasteiger partial charge in [-0.1, -0.05) is 24.3 Å². The molecule has 0 saturated carbocycles. The summed E-state index contributed by atoms with van der Waals surface area (Å²) in [6, 6.07) is 12.8. The number of rotatable bonds is 7. The maximum absolute atomic E-state index is 13.5. The van der Waals surface area contributed by atoms with E-state index in [9.17, 15) is 13.2 Å². The first-order chi connectivity index (χ1) is 13.0. The number of nitrogens with zero attached hydrogens (tertiary/aromatic N) is 2. The van der Waals surface area contributed by atoms with Gasteiger partial charge in [0.05, 0.1) is 11.9 Å². The number of hydrogen-bond acceptors (Lipinski definition) is 3. The minimum atomic E-state index is -2.87. The zero-order valence-corrected chi connectivity index (χ0v) is 15.0. The number of aromatic nitrogens is 2. The number of benzene rings is 2. The molecule has 1 aromatic heterocycles. The average Bonchev–Trinajstić information content (AvgIpc) is 3.02. The van der Waals surface area contributed by atoms with Gasteiger partial charge in [-0.25, -0.2) is 9.07 Å². The highest BCUT2D eigenvalue weighted by Gasteiger charge is 2.16. The SMILES string of the molecule is Cc1c(C(C)NCc2ccccc2OC(F)F)cnn1-c1cccc(F)c1. The highest BCUT2D eigenvalue weighted by molar-refractivity contribution is 5.36. The predicted octanol–water partition coefficient (Wildman–Crippen LogP) is 4.77. The lowest BCUT2D eigenvalue weighted by atomic mass is 10.1. The van der Waals surface area contributed by atoms with Crippen LogP contribution in [0.1, 0.15) is 29.8 Å². The zero-order chi connectivity index (χ0) is 19.4. The van der Waals surface area contributed by atoms with Gasteiger partial charge in [0.15, 0.2) is 0 Å². The van der Waals surface area contributed by atoms with Crippen LogP contribution in [-0.2, 0) is 6.54 Å². The van der Waals surface area contributed by atoms with E-state index in [-0.39, 0.29) is 17.6 Å². The molecular weight excluding hydrogens is 355 g/mol. The molecule has 27 heavy (non-hydrogen) atoms. The van der Waals surface area contributed by atoms with Crippen LogP contribution >= 0.6 is 0 Å². The molecule has 0 radical (unpaired) electrons. The highest BCUT2D eigenvalue weighted by atomic mass is 19.3. The molecule has 3 rings (SSSR count). The van der Waals surface area contributed by atoms with Gasteiger partial charge >= 0.3 is 6.61 Å². The van der Waals surface area contributed by atoms with Gasteiger partial charge in [0.25, 0.3) is 0 Å². The number of alkyl halides is 2. The third kappa shape index (κ3) is 4.49. The van der Waals surface area contributed by atoms with Crippen LogP contribution in [0.5, 0.6) is 5.75 Å². The van der Waals surface area contributed by atoms with Crippen molar-refractivity contribution in [1.29, 1.82) is 0 Å². The topological polar surface area (TPSA) is 39.1 Å². The Labute approximate surface area is 155 Å². The number of halogens is 3. The van der Waals surface area contributed by atoms with Crippen molar-refractivity contribution in [2.75, 3.05) is 0 Å². The van der Waals surface area contributed by atoms with Crippen molar-refractivity contribution >= 4 is 0 Å². The highest BCUT2D eigenvalue weighted by Crippen LogP contribution is 2.23. The van der Waals surface area contributed by atoms with Gasteiger partial charge < -0.3 is 10.1 Å². The summed E-state index contributed by atoms with van der Waals surface area (Å²) in [7, 11) is 0. The van der Waals surface area contributed by atoms with Crippen LogP contribution in [0.4, 0.5) is 13.2 Å². The Morgan fingerprint density at radius 1 is 1.15 bits per heavy atom. The summed E-state index contributed by atoms with van der Waals surface area (Å²) < 4.78 is 44.8. The van der Waals surface area contributed by atoms with E-state index in [1.807, 2.05) is 13.8 Å². The first-order valence-corrected chi connectivity index (χ1v) is 8.52. The Morgan fingerprint density at radius 2 is 1.93 bits per heavy atom. The Balaban J connectivity index is 1.74. The van der Waals surface area contributed by atoms with Crippen LogP contribution < -0.4 is 10.1 Å². The molecule has 1 unspecified atom stereocenters. The van der Waals surface area contributed by atoms with E-state index in [1.54, 1.807) is 41.2 Å². The molecule has 2 aromatic carbocycles. The summed E-state index contributed by atoms with van der Waals surface area (Å²) in [6.45, 7) is 1.35. The normalized spacial score (nSPS) is 12.4. The molecule has 0 aliphatic heterocycles. The van der Waals surface area contributed by atoms with Crippen molar-refractivity contribution in [3.8, 4) is 11.4 Å². The van der Waals surface area contributed by atoms with Gasteiger partial charge in [0.1, 0.15) is 11.6 Å². The maximum atomic E-state index is 13.5. The van der Waals surface area contributed by atoms with E-state index < -0.39 is 6.61 Å². The monoisotopic (exact) mass is 375 g/mol. The second-order valence-electron chi connectivity index (χ2n) is 6.17. The minimum absolute atomic E-state index is 0.0908. The van der Waals surface area contributed by atoms with Crippen molar-refractivity contribution in [2.24, 2.45) is 0 Å². The summed E-state index contributed by atoms with van der Waals surface area (Å²) >= 11 is 0. The Hall–Kier alpha value is -2.80. The van der Waals surface area contributed by atoms with Crippen LogP contribution in [0.3, 0.4) is 0 Å². The largest absolute Gasteiger partial charge is 0.434 e. The molecular formula is C20H20F3N3O. The molecule has 0 saturated heterocycles. The summed E-state index contributed by atoms with van der Waals surface area (Å²) in [5.41, 5.74) is 3.09. The predicted molar refractivity (Wildman–Crippen MR) is 96.6 cm³/mol. The third-order valence-electron chi connectivity index (χ3n) is 4.35. The number of ether oxygens (including phenoxy) is 1. The molecule has 0 aliphatic rings. The fraction of sp³-hybridized carbons (Fsp3) is 0.250. The zero-order valence-electron chi connectivity index (χ0n) is 15.0. The lowest BCUT2D eigenvalue weighted by molar-refractivity contribution is -0.0505. The van der Waals surface area contributed by atoms with E-state index in [4.69, 9.17) is 0 Å². The first kappa shape index (κ1) is 19.0. The summed E-state index contributed by atoms with van der Waals surface area (Å²) in [5, 5.41) is 7.64. The van der Waals surface area contributed by atoms with Gasteiger partial charge in [-0.3, -0.25) is 0 Å². The summed E-state index contributed by atoms with van der Waals surface area (Å²) in [6.07, 6.45) is 1.72. The quantitative estimate of drug-likeness (QED) is 0.646. The van der Waals surface area contributed by atoms with E-state index >= 15 is 0 Å². The Morgan fingerprint density at radius 3 is 2.67 bits per heavy atom. The van der Waals surface area contributed by atoms with Crippen LogP contribution in [-0.4, -0.2) is 16.4 Å². The van der Waals surface area contributed by atoms with Crippen LogP contribution in [0.25, 0.3) is 5.69 Å². The van der Waals surface area contributed by atoms with Crippen molar-refractivity contribution in [2.45, 2.75) is 33.0 Å². The Kier molecular flexibility index (Phi) is 5.81. The molecule has 4 nitrogen and oxygen atoms in total. The lowest BCUT2D eigenvalue weighted by Gasteiger charge is -2.16. The van der Waals surface area contributed by atoms with E-state index in [0.29, 0.717) is 17.8 Å². The Bertz CT molecular complexity index is 911. The molecule has 142 valence electrons. The maximum Gasteiger partial charge on any atom is 0.387 e. The molecule has 0 aliphatic carbocycles. The second-order valence-corrected chi connectivity index (χ2v) is 6.17.